The van der Waals surface area contributed by atoms with E-state index in [0.717, 1.165) is 36.2 Å². The number of hydrogen-bond donors (Lipinski definition) is 1. The molecule has 0 spiro atoms. The fourth-order valence-corrected chi connectivity index (χ4v) is 3.10. The van der Waals surface area contributed by atoms with Crippen LogP contribution in [-0.4, -0.2) is 14.8 Å². The Kier molecular flexibility index (Phi) is 3.66. The fourth-order valence-electron chi connectivity index (χ4n) is 2.69. The van der Waals surface area contributed by atoms with Gasteiger partial charge >= 0.3 is 0 Å². The van der Waals surface area contributed by atoms with Gasteiger partial charge in [0.25, 0.3) is 0 Å². The van der Waals surface area contributed by atoms with Crippen LogP contribution >= 0.6 is 15.9 Å². The molecule has 2 aromatic rings. The summed E-state index contributed by atoms with van der Waals surface area (Å²) in [5.41, 5.74) is 2.87. The van der Waals surface area contributed by atoms with Gasteiger partial charge in [0, 0.05) is 17.1 Å². The SMILES string of the molecule is CCn1cnnc1CNC1CCc2cc(Br)ccc21. The van der Waals surface area contributed by atoms with Crippen molar-refractivity contribution in [2.45, 2.75) is 38.9 Å². The molecule has 0 aliphatic heterocycles. The third-order valence-electron chi connectivity index (χ3n) is 3.73. The van der Waals surface area contributed by atoms with Crippen LogP contribution in [0.5, 0.6) is 0 Å². The van der Waals surface area contributed by atoms with Gasteiger partial charge in [-0.1, -0.05) is 22.0 Å². The lowest BCUT2D eigenvalue weighted by atomic mass is 10.1. The van der Waals surface area contributed by atoms with Crippen LogP contribution in [0.2, 0.25) is 0 Å². The third-order valence-corrected chi connectivity index (χ3v) is 4.22. The Morgan fingerprint density at radius 3 is 3.21 bits per heavy atom. The summed E-state index contributed by atoms with van der Waals surface area (Å²) < 4.78 is 3.24. The molecule has 1 aliphatic carbocycles. The molecule has 0 saturated heterocycles. The van der Waals surface area contributed by atoms with Gasteiger partial charge in [-0.3, -0.25) is 0 Å². The van der Waals surface area contributed by atoms with Crippen molar-refractivity contribution in [2.75, 3.05) is 0 Å². The molecule has 1 atom stereocenters. The van der Waals surface area contributed by atoms with Crippen LogP contribution in [0, 0.1) is 0 Å². The van der Waals surface area contributed by atoms with E-state index in [1.54, 1.807) is 6.33 Å². The minimum Gasteiger partial charge on any atom is -0.317 e. The van der Waals surface area contributed by atoms with E-state index in [2.05, 4.69) is 61.1 Å². The Balaban J connectivity index is 1.70. The van der Waals surface area contributed by atoms with Crippen molar-refractivity contribution < 1.29 is 0 Å². The van der Waals surface area contributed by atoms with Crippen molar-refractivity contribution in [1.82, 2.24) is 20.1 Å². The molecule has 0 saturated carbocycles. The zero-order chi connectivity index (χ0) is 13.2. The number of halogens is 1. The summed E-state index contributed by atoms with van der Waals surface area (Å²) in [5.74, 6) is 1.01. The van der Waals surface area contributed by atoms with Crippen molar-refractivity contribution in [1.29, 1.82) is 0 Å². The Hall–Kier alpha value is -1.20. The van der Waals surface area contributed by atoms with Gasteiger partial charge in [0.15, 0.2) is 0 Å². The first-order valence-electron chi connectivity index (χ1n) is 6.66. The molecule has 1 aliphatic rings. The topological polar surface area (TPSA) is 42.7 Å². The van der Waals surface area contributed by atoms with Crippen LogP contribution in [0.25, 0.3) is 0 Å². The lowest BCUT2D eigenvalue weighted by Crippen LogP contribution is -2.21. The summed E-state index contributed by atoms with van der Waals surface area (Å²) in [6.07, 6.45) is 4.09. The predicted molar refractivity (Wildman–Crippen MR) is 77.7 cm³/mol. The van der Waals surface area contributed by atoms with Crippen LogP contribution in [0.15, 0.2) is 29.0 Å². The van der Waals surface area contributed by atoms with Crippen molar-refractivity contribution in [3.05, 3.63) is 46.0 Å². The van der Waals surface area contributed by atoms with Crippen LogP contribution in [-0.2, 0) is 19.5 Å². The first-order valence-corrected chi connectivity index (χ1v) is 7.45. The maximum atomic E-state index is 4.16. The molecule has 19 heavy (non-hydrogen) atoms. The molecule has 1 N–H and O–H groups in total. The molecular weight excluding hydrogens is 304 g/mol. The van der Waals surface area contributed by atoms with Crippen molar-refractivity contribution >= 4 is 15.9 Å². The van der Waals surface area contributed by atoms with Crippen molar-refractivity contribution in [3.8, 4) is 0 Å². The van der Waals surface area contributed by atoms with E-state index in [-0.39, 0.29) is 0 Å². The lowest BCUT2D eigenvalue weighted by molar-refractivity contribution is 0.506. The van der Waals surface area contributed by atoms with E-state index >= 15 is 0 Å². The molecule has 4 nitrogen and oxygen atoms in total. The van der Waals surface area contributed by atoms with E-state index in [0.29, 0.717) is 6.04 Å². The molecule has 1 unspecified atom stereocenters. The molecule has 0 fully saturated rings. The predicted octanol–water partition coefficient (Wildman–Crippen LogP) is 2.84. The summed E-state index contributed by atoms with van der Waals surface area (Å²) >= 11 is 3.53. The average Bonchev–Trinajstić information content (AvgIpc) is 3.01. The van der Waals surface area contributed by atoms with Gasteiger partial charge in [-0.15, -0.1) is 10.2 Å². The van der Waals surface area contributed by atoms with Crippen molar-refractivity contribution in [2.24, 2.45) is 0 Å². The van der Waals surface area contributed by atoms with Crippen LogP contribution in [0.1, 0.15) is 36.3 Å². The van der Waals surface area contributed by atoms with Crippen LogP contribution in [0.4, 0.5) is 0 Å². The summed E-state index contributed by atoms with van der Waals surface area (Å²) in [6.45, 7) is 3.79. The molecule has 1 heterocycles. The highest BCUT2D eigenvalue weighted by Crippen LogP contribution is 2.32. The van der Waals surface area contributed by atoms with Gasteiger partial charge in [-0.05, 0) is 43.0 Å². The number of rotatable bonds is 4. The first kappa shape index (κ1) is 12.8. The molecule has 100 valence electrons. The Morgan fingerprint density at radius 2 is 2.37 bits per heavy atom. The minimum absolute atomic E-state index is 0.435. The minimum atomic E-state index is 0.435. The molecule has 5 heteroatoms. The van der Waals surface area contributed by atoms with Crippen LogP contribution < -0.4 is 5.32 Å². The standard InChI is InChI=1S/C14H17BrN4/c1-2-19-9-17-18-14(19)8-16-13-6-3-10-7-11(15)4-5-12(10)13/h4-5,7,9,13,16H,2-3,6,8H2,1H3. The van der Waals surface area contributed by atoms with Gasteiger partial charge in [0.2, 0.25) is 0 Å². The van der Waals surface area contributed by atoms with Crippen molar-refractivity contribution in [3.63, 3.8) is 0 Å². The smallest absolute Gasteiger partial charge is 0.146 e. The first-order chi connectivity index (χ1) is 9.28. The number of benzene rings is 1. The largest absolute Gasteiger partial charge is 0.317 e. The Labute approximate surface area is 121 Å². The summed E-state index contributed by atoms with van der Waals surface area (Å²) in [6, 6.07) is 7.00. The van der Waals surface area contributed by atoms with E-state index in [1.165, 1.54) is 11.1 Å². The van der Waals surface area contributed by atoms with Crippen LogP contribution in [0.3, 0.4) is 0 Å². The number of fused-ring (bicyclic) bond motifs is 1. The Morgan fingerprint density at radius 1 is 1.47 bits per heavy atom. The van der Waals surface area contributed by atoms with E-state index in [1.807, 2.05) is 0 Å². The maximum Gasteiger partial charge on any atom is 0.146 e. The highest BCUT2D eigenvalue weighted by atomic mass is 79.9. The molecule has 0 bridgehead atoms. The van der Waals surface area contributed by atoms with Gasteiger partial charge in [0.1, 0.15) is 12.2 Å². The number of nitrogens with zero attached hydrogens (tertiary/aromatic N) is 3. The summed E-state index contributed by atoms with van der Waals surface area (Å²) in [7, 11) is 0. The zero-order valence-corrected chi connectivity index (χ0v) is 12.5. The number of aryl methyl sites for hydroxylation is 2. The van der Waals surface area contributed by atoms with Gasteiger partial charge < -0.3 is 9.88 Å². The second kappa shape index (κ2) is 5.43. The molecule has 1 aromatic heterocycles. The van der Waals surface area contributed by atoms with Gasteiger partial charge in [-0.2, -0.15) is 0 Å². The summed E-state index contributed by atoms with van der Waals surface area (Å²) in [4.78, 5) is 0. The molecule has 0 radical (unpaired) electrons. The highest BCUT2D eigenvalue weighted by Gasteiger charge is 2.22. The van der Waals surface area contributed by atoms with E-state index < -0.39 is 0 Å². The fraction of sp³-hybridized carbons (Fsp3) is 0.429. The third kappa shape index (κ3) is 2.58. The second-order valence-corrected chi connectivity index (χ2v) is 5.76. The Bertz CT molecular complexity index is 579. The lowest BCUT2D eigenvalue weighted by Gasteiger charge is -2.14. The monoisotopic (exact) mass is 320 g/mol. The average molecular weight is 321 g/mol. The summed E-state index contributed by atoms with van der Waals surface area (Å²) in [5, 5.41) is 11.7. The quantitative estimate of drug-likeness (QED) is 0.942. The maximum absolute atomic E-state index is 4.16. The van der Waals surface area contributed by atoms with Gasteiger partial charge in [0.05, 0.1) is 6.54 Å². The molecule has 1 aromatic carbocycles. The number of aromatic nitrogens is 3. The van der Waals surface area contributed by atoms with E-state index in [4.69, 9.17) is 0 Å². The highest BCUT2D eigenvalue weighted by molar-refractivity contribution is 9.10. The zero-order valence-electron chi connectivity index (χ0n) is 10.9. The number of nitrogens with one attached hydrogen (secondary N) is 1. The van der Waals surface area contributed by atoms with Gasteiger partial charge in [-0.25, -0.2) is 0 Å². The second-order valence-electron chi connectivity index (χ2n) is 4.85. The molecular formula is C14H17BrN4. The van der Waals surface area contributed by atoms with E-state index in [9.17, 15) is 0 Å². The molecule has 0 amide bonds. The normalized spacial score (nSPS) is 17.7. The number of hydrogen-bond acceptors (Lipinski definition) is 3. The molecule has 3 rings (SSSR count).